The highest BCUT2D eigenvalue weighted by atomic mass is 32.2. The molecule has 0 amide bonds. The molecule has 0 bridgehead atoms. The number of halogens is 1. The van der Waals surface area contributed by atoms with E-state index in [9.17, 15) is 4.39 Å². The van der Waals surface area contributed by atoms with Crippen molar-refractivity contribution in [3.05, 3.63) is 35.3 Å². The van der Waals surface area contributed by atoms with Crippen LogP contribution in [-0.2, 0) is 11.5 Å². The molecule has 1 aromatic heterocycles. The lowest BCUT2D eigenvalue weighted by Crippen LogP contribution is -2.03. The summed E-state index contributed by atoms with van der Waals surface area (Å²) in [6, 6.07) is 4.66. The molecule has 2 heterocycles. The molecule has 6 heteroatoms. The topological polar surface area (TPSA) is 47.0 Å². The Kier molecular flexibility index (Phi) is 3.48. The first-order chi connectivity index (χ1) is 9.72. The molecule has 0 spiro atoms. The van der Waals surface area contributed by atoms with E-state index in [2.05, 4.69) is 15.3 Å². The number of fused-ring (bicyclic) bond motifs is 1. The van der Waals surface area contributed by atoms with Gasteiger partial charge in [0.15, 0.2) is 17.4 Å². The van der Waals surface area contributed by atoms with Crippen LogP contribution in [0.25, 0.3) is 11.4 Å². The molecule has 0 unspecified atom stereocenters. The van der Waals surface area contributed by atoms with E-state index < -0.39 is 0 Å². The van der Waals surface area contributed by atoms with Gasteiger partial charge in [0.2, 0.25) is 0 Å². The Morgan fingerprint density at radius 2 is 2.15 bits per heavy atom. The van der Waals surface area contributed by atoms with Crippen LogP contribution in [0, 0.1) is 5.82 Å². The van der Waals surface area contributed by atoms with Gasteiger partial charge in [0, 0.05) is 29.7 Å². The molecule has 3 rings (SSSR count). The SMILES string of the molecule is CNc1nc(-c2ccc(F)c(OC)c2)nc2c1CSC2. The van der Waals surface area contributed by atoms with Crippen LogP contribution in [0.1, 0.15) is 11.3 Å². The molecule has 0 atom stereocenters. The number of hydrogen-bond donors (Lipinski definition) is 1. The number of nitrogens with zero attached hydrogens (tertiary/aromatic N) is 2. The third-order valence-corrected chi connectivity index (χ3v) is 4.19. The second-order valence-electron chi connectivity index (χ2n) is 4.41. The van der Waals surface area contributed by atoms with Crippen LogP contribution in [-0.4, -0.2) is 24.1 Å². The zero-order chi connectivity index (χ0) is 14.1. The maximum Gasteiger partial charge on any atom is 0.165 e. The highest BCUT2D eigenvalue weighted by Gasteiger charge is 2.20. The van der Waals surface area contributed by atoms with E-state index in [1.165, 1.54) is 13.2 Å². The van der Waals surface area contributed by atoms with Crippen LogP contribution in [0.5, 0.6) is 5.75 Å². The number of thioether (sulfide) groups is 1. The van der Waals surface area contributed by atoms with Gasteiger partial charge in [0.1, 0.15) is 5.82 Å². The second kappa shape index (κ2) is 5.28. The van der Waals surface area contributed by atoms with Gasteiger partial charge < -0.3 is 10.1 Å². The fourth-order valence-electron chi connectivity index (χ4n) is 2.19. The van der Waals surface area contributed by atoms with Crippen LogP contribution < -0.4 is 10.1 Å². The van der Waals surface area contributed by atoms with Crippen molar-refractivity contribution in [1.29, 1.82) is 0 Å². The standard InChI is InChI=1S/C14H14FN3OS/c1-16-14-9-6-20-7-11(9)17-13(18-14)8-3-4-10(15)12(5-8)19-2/h3-5H,6-7H2,1-2H3,(H,16,17,18). The average Bonchev–Trinajstić information content (AvgIpc) is 2.95. The summed E-state index contributed by atoms with van der Waals surface area (Å²) >= 11 is 1.82. The lowest BCUT2D eigenvalue weighted by atomic mass is 10.1. The first-order valence-electron chi connectivity index (χ1n) is 6.22. The van der Waals surface area contributed by atoms with E-state index in [4.69, 9.17) is 4.74 Å². The predicted molar refractivity (Wildman–Crippen MR) is 78.5 cm³/mol. The van der Waals surface area contributed by atoms with Crippen LogP contribution in [0.4, 0.5) is 10.2 Å². The highest BCUT2D eigenvalue weighted by molar-refractivity contribution is 7.98. The second-order valence-corrected chi connectivity index (χ2v) is 5.40. The van der Waals surface area contributed by atoms with Gasteiger partial charge in [-0.15, -0.1) is 0 Å². The summed E-state index contributed by atoms with van der Waals surface area (Å²) in [7, 11) is 3.29. The van der Waals surface area contributed by atoms with E-state index in [0.717, 1.165) is 34.1 Å². The average molecular weight is 291 g/mol. The van der Waals surface area contributed by atoms with Gasteiger partial charge in [-0.25, -0.2) is 14.4 Å². The van der Waals surface area contributed by atoms with E-state index >= 15 is 0 Å². The third-order valence-electron chi connectivity index (χ3n) is 3.22. The van der Waals surface area contributed by atoms with Crippen LogP contribution >= 0.6 is 11.8 Å². The number of methoxy groups -OCH3 is 1. The summed E-state index contributed by atoms with van der Waals surface area (Å²) in [6.45, 7) is 0. The summed E-state index contributed by atoms with van der Waals surface area (Å²) in [5.41, 5.74) is 2.96. The smallest absolute Gasteiger partial charge is 0.165 e. The monoisotopic (exact) mass is 291 g/mol. The first kappa shape index (κ1) is 13.2. The number of aromatic nitrogens is 2. The maximum atomic E-state index is 13.5. The van der Waals surface area contributed by atoms with Crippen LogP contribution in [0.2, 0.25) is 0 Å². The van der Waals surface area contributed by atoms with Crippen molar-refractivity contribution in [1.82, 2.24) is 9.97 Å². The molecule has 104 valence electrons. The molecule has 0 fully saturated rings. The van der Waals surface area contributed by atoms with E-state index in [0.29, 0.717) is 5.82 Å². The van der Waals surface area contributed by atoms with Gasteiger partial charge in [-0.1, -0.05) is 0 Å². The van der Waals surface area contributed by atoms with E-state index in [-0.39, 0.29) is 11.6 Å². The van der Waals surface area contributed by atoms with Gasteiger partial charge in [-0.2, -0.15) is 11.8 Å². The molecular formula is C14H14FN3OS. The minimum atomic E-state index is -0.387. The molecule has 0 saturated heterocycles. The van der Waals surface area contributed by atoms with Crippen molar-refractivity contribution in [2.75, 3.05) is 19.5 Å². The Hall–Kier alpha value is -1.82. The Bertz CT molecular complexity index is 663. The van der Waals surface area contributed by atoms with Crippen molar-refractivity contribution in [2.24, 2.45) is 0 Å². The minimum absolute atomic E-state index is 0.201. The summed E-state index contributed by atoms with van der Waals surface area (Å²) in [5, 5.41) is 3.11. The van der Waals surface area contributed by atoms with E-state index in [1.54, 1.807) is 12.1 Å². The van der Waals surface area contributed by atoms with Crippen molar-refractivity contribution in [3.8, 4) is 17.1 Å². The van der Waals surface area contributed by atoms with Crippen molar-refractivity contribution < 1.29 is 9.13 Å². The van der Waals surface area contributed by atoms with Gasteiger partial charge in [0.25, 0.3) is 0 Å². The van der Waals surface area contributed by atoms with Gasteiger partial charge >= 0.3 is 0 Å². The molecule has 2 aromatic rings. The normalized spacial score (nSPS) is 13.2. The minimum Gasteiger partial charge on any atom is -0.494 e. The Balaban J connectivity index is 2.10. The molecule has 0 saturated carbocycles. The molecular weight excluding hydrogens is 277 g/mol. The molecule has 20 heavy (non-hydrogen) atoms. The number of hydrogen-bond acceptors (Lipinski definition) is 5. The van der Waals surface area contributed by atoms with Gasteiger partial charge in [-0.3, -0.25) is 0 Å². The zero-order valence-electron chi connectivity index (χ0n) is 11.2. The van der Waals surface area contributed by atoms with Crippen molar-refractivity contribution in [2.45, 2.75) is 11.5 Å². The van der Waals surface area contributed by atoms with Crippen molar-refractivity contribution in [3.63, 3.8) is 0 Å². The number of benzene rings is 1. The lowest BCUT2D eigenvalue weighted by molar-refractivity contribution is 0.387. The number of anilines is 1. The Morgan fingerprint density at radius 1 is 1.30 bits per heavy atom. The maximum absolute atomic E-state index is 13.5. The number of nitrogens with one attached hydrogen (secondary N) is 1. The Labute approximate surface area is 120 Å². The molecule has 0 aliphatic carbocycles. The molecule has 0 radical (unpaired) electrons. The molecule has 4 nitrogen and oxygen atoms in total. The number of rotatable bonds is 3. The summed E-state index contributed by atoms with van der Waals surface area (Å²) in [6.07, 6.45) is 0. The zero-order valence-corrected chi connectivity index (χ0v) is 12.1. The molecule has 1 aliphatic heterocycles. The largest absolute Gasteiger partial charge is 0.494 e. The number of ether oxygens (including phenoxy) is 1. The molecule has 1 aromatic carbocycles. The predicted octanol–water partition coefficient (Wildman–Crippen LogP) is 3.08. The lowest BCUT2D eigenvalue weighted by Gasteiger charge is -2.10. The summed E-state index contributed by atoms with van der Waals surface area (Å²) in [4.78, 5) is 9.11. The fourth-order valence-corrected chi connectivity index (χ4v) is 3.23. The fraction of sp³-hybridized carbons (Fsp3) is 0.286. The van der Waals surface area contributed by atoms with Crippen LogP contribution in [0.3, 0.4) is 0 Å². The Morgan fingerprint density at radius 3 is 2.90 bits per heavy atom. The van der Waals surface area contributed by atoms with E-state index in [1.807, 2.05) is 18.8 Å². The highest BCUT2D eigenvalue weighted by Crippen LogP contribution is 2.34. The summed E-state index contributed by atoms with van der Waals surface area (Å²) in [5.74, 6) is 3.07. The quantitative estimate of drug-likeness (QED) is 0.941. The summed E-state index contributed by atoms with van der Waals surface area (Å²) < 4.78 is 18.5. The van der Waals surface area contributed by atoms with Gasteiger partial charge in [0.05, 0.1) is 12.8 Å². The van der Waals surface area contributed by atoms with Crippen LogP contribution in [0.15, 0.2) is 18.2 Å². The van der Waals surface area contributed by atoms with Crippen molar-refractivity contribution >= 4 is 17.6 Å². The molecule has 1 aliphatic rings. The third kappa shape index (κ3) is 2.20. The van der Waals surface area contributed by atoms with Gasteiger partial charge in [-0.05, 0) is 18.2 Å². The molecule has 1 N–H and O–H groups in total. The first-order valence-corrected chi connectivity index (χ1v) is 7.37.